The maximum Gasteiger partial charge on any atom is 0.0656 e. The van der Waals surface area contributed by atoms with E-state index in [2.05, 4.69) is 10.0 Å². The van der Waals surface area contributed by atoms with Crippen molar-refractivity contribution in [3.8, 4) is 0 Å². The third-order valence-electron chi connectivity index (χ3n) is 1.67. The Labute approximate surface area is 96.9 Å². The van der Waals surface area contributed by atoms with Gasteiger partial charge in [-0.25, -0.2) is 0 Å². The molecule has 1 rings (SSSR count). The monoisotopic (exact) mass is 242 g/mol. The van der Waals surface area contributed by atoms with Crippen molar-refractivity contribution in [2.45, 2.75) is 0 Å². The molecule has 4 nitrogen and oxygen atoms in total. The van der Waals surface area contributed by atoms with Crippen LogP contribution in [0.1, 0.15) is 5.56 Å². The summed E-state index contributed by atoms with van der Waals surface area (Å²) in [5, 5.41) is 4.27. The lowest BCUT2D eigenvalue weighted by Gasteiger charge is -2.03. The average molecular weight is 243 g/mol. The van der Waals surface area contributed by atoms with Crippen LogP contribution < -0.4 is 5.73 Å². The van der Waals surface area contributed by atoms with Gasteiger partial charge >= 0.3 is 0 Å². The lowest BCUT2D eigenvalue weighted by atomic mass is 10.1. The summed E-state index contributed by atoms with van der Waals surface area (Å²) < 4.78 is 0. The van der Waals surface area contributed by atoms with E-state index in [1.807, 2.05) is 0 Å². The minimum atomic E-state index is 0.264. The number of hydrogen-bond acceptors (Lipinski definition) is 2. The van der Waals surface area contributed by atoms with E-state index in [0.717, 1.165) is 0 Å². The molecular weight excluding hydrogens is 235 g/mol. The Hall–Kier alpha value is -1.35. The maximum atomic E-state index is 8.06. The summed E-state index contributed by atoms with van der Waals surface area (Å²) >= 11 is 11.6. The molecule has 0 aliphatic rings. The van der Waals surface area contributed by atoms with Crippen molar-refractivity contribution in [3.05, 3.63) is 44.3 Å². The normalized spacial score (nSPS) is 10.3. The summed E-state index contributed by atoms with van der Waals surface area (Å²) in [6.45, 7) is 0.264. The number of anilines is 1. The molecule has 0 heterocycles. The van der Waals surface area contributed by atoms with Crippen LogP contribution in [-0.4, -0.2) is 6.54 Å². The highest BCUT2D eigenvalue weighted by Crippen LogP contribution is 2.28. The lowest BCUT2D eigenvalue weighted by molar-refractivity contribution is 1.22. The van der Waals surface area contributed by atoms with E-state index in [4.69, 9.17) is 34.5 Å². The van der Waals surface area contributed by atoms with Gasteiger partial charge in [0, 0.05) is 22.0 Å². The molecule has 0 saturated heterocycles. The second kappa shape index (κ2) is 5.51. The number of halogens is 2. The molecule has 1 aromatic rings. The fourth-order valence-electron chi connectivity index (χ4n) is 1.01. The van der Waals surface area contributed by atoms with Crippen LogP contribution in [0.25, 0.3) is 16.5 Å². The predicted octanol–water partition coefficient (Wildman–Crippen LogP) is 3.90. The lowest BCUT2D eigenvalue weighted by Crippen LogP contribution is -1.90. The first-order valence-electron chi connectivity index (χ1n) is 4.07. The van der Waals surface area contributed by atoms with Crippen LogP contribution in [0, 0.1) is 0 Å². The zero-order chi connectivity index (χ0) is 11.3. The highest BCUT2D eigenvalue weighted by atomic mass is 35.5. The molecule has 0 unspecified atom stereocenters. The van der Waals surface area contributed by atoms with Gasteiger partial charge in [0.2, 0.25) is 0 Å². The van der Waals surface area contributed by atoms with Gasteiger partial charge in [0.15, 0.2) is 0 Å². The maximum absolute atomic E-state index is 8.06. The Morgan fingerprint density at radius 2 is 2.20 bits per heavy atom. The van der Waals surface area contributed by atoms with Crippen LogP contribution in [0.3, 0.4) is 0 Å². The molecule has 0 amide bonds. The smallest absolute Gasteiger partial charge is 0.0656 e. The number of azide groups is 1. The topological polar surface area (TPSA) is 74.8 Å². The van der Waals surface area contributed by atoms with E-state index in [9.17, 15) is 0 Å². The quantitative estimate of drug-likeness (QED) is 0.371. The van der Waals surface area contributed by atoms with Crippen molar-refractivity contribution in [1.82, 2.24) is 0 Å². The third kappa shape index (κ3) is 3.36. The third-order valence-corrected chi connectivity index (χ3v) is 2.20. The number of nitrogen functional groups attached to an aromatic ring is 1. The fourth-order valence-corrected chi connectivity index (χ4v) is 1.52. The predicted molar refractivity (Wildman–Crippen MR) is 63.9 cm³/mol. The molecule has 0 radical (unpaired) electrons. The van der Waals surface area contributed by atoms with Crippen LogP contribution >= 0.6 is 23.2 Å². The Balaban J connectivity index is 2.94. The first-order chi connectivity index (χ1) is 7.15. The number of hydrogen-bond donors (Lipinski definition) is 1. The molecule has 2 N–H and O–H groups in total. The minimum absolute atomic E-state index is 0.264. The van der Waals surface area contributed by atoms with Crippen molar-refractivity contribution < 1.29 is 0 Å². The van der Waals surface area contributed by atoms with Crippen LogP contribution in [0.5, 0.6) is 0 Å². The first-order valence-corrected chi connectivity index (χ1v) is 4.82. The molecule has 0 bridgehead atoms. The Kier molecular flexibility index (Phi) is 4.31. The summed E-state index contributed by atoms with van der Waals surface area (Å²) in [4.78, 5) is 2.61. The second-order valence-corrected chi connectivity index (χ2v) is 3.55. The summed E-state index contributed by atoms with van der Waals surface area (Å²) in [6.07, 6.45) is 3.39. The molecule has 6 heteroatoms. The summed E-state index contributed by atoms with van der Waals surface area (Å²) in [5.74, 6) is 0. The van der Waals surface area contributed by atoms with Crippen LogP contribution in [0.4, 0.5) is 5.69 Å². The molecule has 0 aliphatic heterocycles. The summed E-state index contributed by atoms with van der Waals surface area (Å²) in [5.41, 5.74) is 15.0. The van der Waals surface area contributed by atoms with Gasteiger partial charge in [-0.15, -0.1) is 0 Å². The summed E-state index contributed by atoms with van der Waals surface area (Å²) in [7, 11) is 0. The average Bonchev–Trinajstić information content (AvgIpc) is 2.19. The van der Waals surface area contributed by atoms with Gasteiger partial charge in [0.05, 0.1) is 10.7 Å². The van der Waals surface area contributed by atoms with Crippen molar-refractivity contribution in [3.63, 3.8) is 0 Å². The molecule has 1 aromatic carbocycles. The largest absolute Gasteiger partial charge is 0.397 e. The van der Waals surface area contributed by atoms with Gasteiger partial charge in [-0.05, 0) is 17.7 Å². The highest BCUT2D eigenvalue weighted by Gasteiger charge is 2.02. The Bertz CT molecular complexity index is 436. The van der Waals surface area contributed by atoms with E-state index < -0.39 is 0 Å². The van der Waals surface area contributed by atoms with Crippen LogP contribution in [0.2, 0.25) is 10.0 Å². The molecular formula is C9H8Cl2N4. The Morgan fingerprint density at radius 3 is 2.87 bits per heavy atom. The van der Waals surface area contributed by atoms with Crippen molar-refractivity contribution in [2.24, 2.45) is 5.11 Å². The van der Waals surface area contributed by atoms with E-state index in [1.54, 1.807) is 24.3 Å². The zero-order valence-corrected chi connectivity index (χ0v) is 9.20. The number of nitrogens with zero attached hydrogens (tertiary/aromatic N) is 3. The zero-order valence-electron chi connectivity index (χ0n) is 7.69. The van der Waals surface area contributed by atoms with Gasteiger partial charge in [-0.1, -0.05) is 40.5 Å². The van der Waals surface area contributed by atoms with Crippen molar-refractivity contribution in [2.75, 3.05) is 12.3 Å². The van der Waals surface area contributed by atoms with Gasteiger partial charge < -0.3 is 5.73 Å². The molecule has 0 atom stereocenters. The minimum Gasteiger partial charge on any atom is -0.397 e. The molecule has 15 heavy (non-hydrogen) atoms. The number of nitrogens with two attached hydrogens (primary N) is 1. The SMILES string of the molecule is [N-]=[N+]=NCC=Cc1cc(Cl)cc(Cl)c1N. The van der Waals surface area contributed by atoms with E-state index in [1.165, 1.54) is 0 Å². The van der Waals surface area contributed by atoms with Gasteiger partial charge in [0.1, 0.15) is 0 Å². The molecule has 0 spiro atoms. The fraction of sp³-hybridized carbons (Fsp3) is 0.111. The van der Waals surface area contributed by atoms with Crippen molar-refractivity contribution >= 4 is 35.0 Å². The highest BCUT2D eigenvalue weighted by molar-refractivity contribution is 6.36. The van der Waals surface area contributed by atoms with Crippen LogP contribution in [-0.2, 0) is 0 Å². The van der Waals surface area contributed by atoms with Gasteiger partial charge in [0.25, 0.3) is 0 Å². The van der Waals surface area contributed by atoms with Gasteiger partial charge in [-0.2, -0.15) is 0 Å². The molecule has 78 valence electrons. The Morgan fingerprint density at radius 1 is 1.47 bits per heavy atom. The molecule has 0 saturated carbocycles. The standard InChI is InChI=1S/C9H8Cl2N4/c10-7-4-6(2-1-3-14-15-13)9(12)8(11)5-7/h1-2,4-5H,3,12H2. The van der Waals surface area contributed by atoms with E-state index in [-0.39, 0.29) is 6.54 Å². The van der Waals surface area contributed by atoms with E-state index in [0.29, 0.717) is 21.3 Å². The van der Waals surface area contributed by atoms with Gasteiger partial charge in [-0.3, -0.25) is 0 Å². The molecule has 0 aliphatic carbocycles. The molecule has 0 fully saturated rings. The molecule has 0 aromatic heterocycles. The van der Waals surface area contributed by atoms with Crippen molar-refractivity contribution in [1.29, 1.82) is 0 Å². The summed E-state index contributed by atoms with van der Waals surface area (Å²) in [6, 6.07) is 3.26. The van der Waals surface area contributed by atoms with E-state index >= 15 is 0 Å². The number of rotatable bonds is 3. The second-order valence-electron chi connectivity index (χ2n) is 2.71. The van der Waals surface area contributed by atoms with Crippen LogP contribution in [0.15, 0.2) is 23.3 Å². The first kappa shape index (κ1) is 11.7. The number of benzene rings is 1.